The Labute approximate surface area is 142 Å². The molecule has 0 unspecified atom stereocenters. The second kappa shape index (κ2) is 7.17. The van der Waals surface area contributed by atoms with Crippen LogP contribution in [0.2, 0.25) is 0 Å². The van der Waals surface area contributed by atoms with E-state index in [1.54, 1.807) is 11.3 Å². The fourth-order valence-electron chi connectivity index (χ4n) is 4.10. The number of rotatable bonds is 3. The van der Waals surface area contributed by atoms with E-state index in [0.717, 1.165) is 45.4 Å². The van der Waals surface area contributed by atoms with Crippen LogP contribution in [0.15, 0.2) is 24.5 Å². The summed E-state index contributed by atoms with van der Waals surface area (Å²) < 4.78 is 6.03. The number of nitrogens with zero attached hydrogens (tertiary/aromatic N) is 3. The summed E-state index contributed by atoms with van der Waals surface area (Å²) >= 11 is 0. The van der Waals surface area contributed by atoms with Gasteiger partial charge in [-0.25, -0.2) is 5.06 Å². The molecule has 24 heavy (non-hydrogen) atoms. The molecule has 1 amide bonds. The van der Waals surface area contributed by atoms with Crippen LogP contribution < -0.4 is 0 Å². The quantitative estimate of drug-likeness (QED) is 0.840. The van der Waals surface area contributed by atoms with E-state index >= 15 is 0 Å². The summed E-state index contributed by atoms with van der Waals surface area (Å²) in [5.74, 6) is 0.485. The van der Waals surface area contributed by atoms with Crippen LogP contribution in [0.3, 0.4) is 0 Å². The molecule has 6 nitrogen and oxygen atoms in total. The lowest BCUT2D eigenvalue weighted by atomic mass is 9.83. The molecule has 4 heterocycles. The van der Waals surface area contributed by atoms with E-state index in [4.69, 9.17) is 9.57 Å². The van der Waals surface area contributed by atoms with Gasteiger partial charge < -0.3 is 4.74 Å². The summed E-state index contributed by atoms with van der Waals surface area (Å²) in [6.07, 6.45) is 6.93. The van der Waals surface area contributed by atoms with Gasteiger partial charge in [0.05, 0.1) is 31.8 Å². The average molecular weight is 331 g/mol. The Bertz CT molecular complexity index is 562. The monoisotopic (exact) mass is 331 g/mol. The summed E-state index contributed by atoms with van der Waals surface area (Å²) in [5.41, 5.74) is 1.24. The van der Waals surface area contributed by atoms with Gasteiger partial charge in [0.1, 0.15) is 0 Å². The van der Waals surface area contributed by atoms with Crippen LogP contribution in [0.1, 0.15) is 24.8 Å². The van der Waals surface area contributed by atoms with Crippen molar-refractivity contribution in [2.24, 2.45) is 11.8 Å². The van der Waals surface area contributed by atoms with Crippen molar-refractivity contribution in [2.45, 2.75) is 31.9 Å². The molecular weight excluding hydrogens is 306 g/mol. The van der Waals surface area contributed by atoms with Gasteiger partial charge >= 0.3 is 0 Å². The van der Waals surface area contributed by atoms with Gasteiger partial charge in [0, 0.05) is 32.0 Å². The summed E-state index contributed by atoms with van der Waals surface area (Å²) in [6.45, 7) is 4.88. The van der Waals surface area contributed by atoms with E-state index in [2.05, 4.69) is 16.0 Å². The zero-order valence-electron chi connectivity index (χ0n) is 14.0. The Hall–Kier alpha value is -1.50. The van der Waals surface area contributed by atoms with Crippen molar-refractivity contribution in [3.05, 3.63) is 30.1 Å². The van der Waals surface area contributed by atoms with Crippen LogP contribution in [-0.2, 0) is 20.9 Å². The molecule has 0 bridgehead atoms. The number of likely N-dealkylation sites (tertiary alicyclic amines) is 1. The van der Waals surface area contributed by atoms with Crippen molar-refractivity contribution < 1.29 is 14.4 Å². The number of carbonyl (C=O) groups is 1. The van der Waals surface area contributed by atoms with E-state index in [1.807, 2.05) is 12.3 Å². The summed E-state index contributed by atoms with van der Waals surface area (Å²) in [6, 6.07) is 4.10. The van der Waals surface area contributed by atoms with Crippen molar-refractivity contribution in [1.82, 2.24) is 14.9 Å². The van der Waals surface area contributed by atoms with Gasteiger partial charge in [0.25, 0.3) is 5.91 Å². The Morgan fingerprint density at radius 1 is 1.38 bits per heavy atom. The van der Waals surface area contributed by atoms with Crippen molar-refractivity contribution in [2.75, 3.05) is 32.8 Å². The topological polar surface area (TPSA) is 54.9 Å². The molecule has 3 saturated heterocycles. The molecule has 0 N–H and O–H groups in total. The zero-order valence-corrected chi connectivity index (χ0v) is 14.0. The lowest BCUT2D eigenvalue weighted by Crippen LogP contribution is -2.50. The molecule has 0 radical (unpaired) electrons. The number of amides is 1. The Morgan fingerprint density at radius 3 is 3.12 bits per heavy atom. The standard InChI is InChI=1S/C18H25N3O3/c22-18(21-6-2-8-24-21)16-9-15-12-20(7-4-17(15)23-13-16)11-14-3-1-5-19-10-14/h1,3,5,10,15-17H,2,4,6-9,11-13H2/t15-,16-,17+/m1/s1. The summed E-state index contributed by atoms with van der Waals surface area (Å²) in [4.78, 5) is 24.6. The molecule has 0 saturated carbocycles. The first-order valence-corrected chi connectivity index (χ1v) is 8.97. The molecule has 3 fully saturated rings. The molecule has 6 heteroatoms. The number of fused-ring (bicyclic) bond motifs is 1. The van der Waals surface area contributed by atoms with E-state index in [0.29, 0.717) is 25.2 Å². The second-order valence-electron chi connectivity index (χ2n) is 7.08. The van der Waals surface area contributed by atoms with E-state index in [9.17, 15) is 4.79 Å². The first-order valence-electron chi connectivity index (χ1n) is 8.97. The number of piperidine rings is 1. The Morgan fingerprint density at radius 2 is 2.33 bits per heavy atom. The first kappa shape index (κ1) is 16.0. The van der Waals surface area contributed by atoms with Gasteiger partial charge in [-0.15, -0.1) is 0 Å². The molecule has 130 valence electrons. The highest BCUT2D eigenvalue weighted by atomic mass is 16.7. The summed E-state index contributed by atoms with van der Waals surface area (Å²) in [7, 11) is 0. The first-order chi connectivity index (χ1) is 11.8. The molecule has 3 aliphatic heterocycles. The molecule has 3 atom stereocenters. The molecule has 4 rings (SSSR count). The van der Waals surface area contributed by atoms with Crippen LogP contribution in [0.25, 0.3) is 0 Å². The van der Waals surface area contributed by atoms with Gasteiger partial charge in [0.15, 0.2) is 0 Å². The van der Waals surface area contributed by atoms with Gasteiger partial charge in [-0.3, -0.25) is 19.5 Å². The lowest BCUT2D eigenvalue weighted by Gasteiger charge is -2.43. The number of hydrogen-bond acceptors (Lipinski definition) is 5. The van der Waals surface area contributed by atoms with Crippen molar-refractivity contribution in [1.29, 1.82) is 0 Å². The third-order valence-electron chi connectivity index (χ3n) is 5.32. The molecule has 3 aliphatic rings. The van der Waals surface area contributed by atoms with E-state index in [-0.39, 0.29) is 11.8 Å². The number of pyridine rings is 1. The molecule has 1 aromatic heterocycles. The molecule has 0 aromatic carbocycles. The molecule has 0 spiro atoms. The molecule has 1 aromatic rings. The predicted octanol–water partition coefficient (Wildman–Crippen LogP) is 1.47. The second-order valence-corrected chi connectivity index (χ2v) is 7.08. The maximum atomic E-state index is 12.5. The average Bonchev–Trinajstić information content (AvgIpc) is 3.16. The van der Waals surface area contributed by atoms with Crippen LogP contribution in [0.4, 0.5) is 0 Å². The van der Waals surface area contributed by atoms with Crippen molar-refractivity contribution >= 4 is 5.91 Å². The highest BCUT2D eigenvalue weighted by Gasteiger charge is 2.40. The Kier molecular flexibility index (Phi) is 4.78. The minimum absolute atomic E-state index is 0.0531. The zero-order chi connectivity index (χ0) is 16.4. The third-order valence-corrected chi connectivity index (χ3v) is 5.32. The van der Waals surface area contributed by atoms with E-state index < -0.39 is 0 Å². The van der Waals surface area contributed by atoms with Crippen molar-refractivity contribution in [3.63, 3.8) is 0 Å². The van der Waals surface area contributed by atoms with Gasteiger partial charge in [-0.2, -0.15) is 0 Å². The SMILES string of the molecule is O=C([C@H]1CO[C@H]2CCN(Cc3cccnc3)C[C@H]2C1)N1CCCO1. The maximum absolute atomic E-state index is 12.5. The van der Waals surface area contributed by atoms with Crippen LogP contribution >= 0.6 is 0 Å². The molecule has 0 aliphatic carbocycles. The van der Waals surface area contributed by atoms with Crippen LogP contribution in [0.5, 0.6) is 0 Å². The predicted molar refractivity (Wildman–Crippen MR) is 87.8 cm³/mol. The normalized spacial score (nSPS) is 31.0. The van der Waals surface area contributed by atoms with Gasteiger partial charge in [0.2, 0.25) is 0 Å². The number of carbonyl (C=O) groups excluding carboxylic acids is 1. The van der Waals surface area contributed by atoms with Crippen LogP contribution in [-0.4, -0.2) is 59.8 Å². The number of ether oxygens (including phenoxy) is 1. The van der Waals surface area contributed by atoms with Gasteiger partial charge in [-0.1, -0.05) is 6.07 Å². The van der Waals surface area contributed by atoms with Crippen molar-refractivity contribution in [3.8, 4) is 0 Å². The fourth-order valence-corrected chi connectivity index (χ4v) is 4.10. The smallest absolute Gasteiger partial charge is 0.251 e. The Balaban J connectivity index is 1.35. The highest BCUT2D eigenvalue weighted by Crippen LogP contribution is 2.33. The summed E-state index contributed by atoms with van der Waals surface area (Å²) in [5, 5.41) is 1.55. The lowest BCUT2D eigenvalue weighted by molar-refractivity contribution is -0.183. The third kappa shape index (κ3) is 3.45. The number of hydrogen-bond donors (Lipinski definition) is 0. The largest absolute Gasteiger partial charge is 0.377 e. The number of hydroxylamine groups is 2. The highest BCUT2D eigenvalue weighted by molar-refractivity contribution is 5.78. The maximum Gasteiger partial charge on any atom is 0.251 e. The van der Waals surface area contributed by atoms with Gasteiger partial charge in [-0.05, 0) is 36.8 Å². The number of aromatic nitrogens is 1. The van der Waals surface area contributed by atoms with E-state index in [1.165, 1.54) is 5.56 Å². The minimum atomic E-state index is -0.0531. The molecular formula is C18H25N3O3. The van der Waals surface area contributed by atoms with Crippen LogP contribution in [0, 0.1) is 11.8 Å². The minimum Gasteiger partial charge on any atom is -0.377 e. The fraction of sp³-hybridized carbons (Fsp3) is 0.667.